The van der Waals surface area contributed by atoms with E-state index in [-0.39, 0.29) is 6.04 Å². The van der Waals surface area contributed by atoms with E-state index in [0.717, 1.165) is 16.5 Å². The number of aromatic nitrogens is 1. The quantitative estimate of drug-likeness (QED) is 0.610. The lowest BCUT2D eigenvalue weighted by atomic mass is 10.1. The zero-order chi connectivity index (χ0) is 18.4. The van der Waals surface area contributed by atoms with E-state index in [2.05, 4.69) is 39.6 Å². The van der Waals surface area contributed by atoms with E-state index in [4.69, 9.17) is 16.0 Å². The maximum Gasteiger partial charge on any atom is 0.214 e. The molecule has 136 valence electrons. The van der Waals surface area contributed by atoms with E-state index in [1.807, 2.05) is 38.1 Å². The molecule has 0 bridgehead atoms. The molecule has 2 N–H and O–H groups in total. The molecule has 1 aromatic heterocycles. The molecule has 7 heteroatoms. The normalized spacial score (nSPS) is 13.2. The first kappa shape index (κ1) is 19.3. The minimum Gasteiger partial charge on any atom is -0.444 e. The Bertz CT molecular complexity index is 689. The average Bonchev–Trinajstić information content (AvgIpc) is 2.90. The monoisotopic (exact) mass is 363 g/mol. The van der Waals surface area contributed by atoms with Gasteiger partial charge in [0, 0.05) is 18.6 Å². The van der Waals surface area contributed by atoms with Gasteiger partial charge in [-0.3, -0.25) is 4.99 Å². The second-order valence-corrected chi connectivity index (χ2v) is 6.52. The van der Waals surface area contributed by atoms with Crippen LogP contribution in [0, 0.1) is 13.8 Å². The summed E-state index contributed by atoms with van der Waals surface area (Å²) in [5, 5.41) is 7.31. The van der Waals surface area contributed by atoms with Gasteiger partial charge in [0.25, 0.3) is 0 Å². The van der Waals surface area contributed by atoms with Gasteiger partial charge in [-0.05, 0) is 45.6 Å². The third-order valence-corrected chi connectivity index (χ3v) is 4.30. The molecule has 0 spiro atoms. The van der Waals surface area contributed by atoms with Gasteiger partial charge in [0.15, 0.2) is 5.96 Å². The Balaban J connectivity index is 1.94. The first-order valence-electron chi connectivity index (χ1n) is 8.20. The van der Waals surface area contributed by atoms with E-state index >= 15 is 0 Å². The Morgan fingerprint density at radius 1 is 1.24 bits per heavy atom. The highest BCUT2D eigenvalue weighted by Crippen LogP contribution is 2.19. The number of hydrogen-bond donors (Lipinski definition) is 2. The molecule has 1 atom stereocenters. The topological polar surface area (TPSA) is 65.7 Å². The van der Waals surface area contributed by atoms with Crippen LogP contribution in [0.15, 0.2) is 33.7 Å². The molecular weight excluding hydrogens is 338 g/mol. The van der Waals surface area contributed by atoms with E-state index in [1.54, 1.807) is 7.05 Å². The van der Waals surface area contributed by atoms with Gasteiger partial charge in [-0.25, -0.2) is 4.98 Å². The molecule has 1 heterocycles. The van der Waals surface area contributed by atoms with Crippen LogP contribution in [0.1, 0.15) is 29.0 Å². The van der Waals surface area contributed by atoms with Gasteiger partial charge in [-0.1, -0.05) is 23.7 Å². The van der Waals surface area contributed by atoms with Crippen molar-refractivity contribution in [2.45, 2.75) is 26.4 Å². The Kier molecular flexibility index (Phi) is 6.84. The second-order valence-electron chi connectivity index (χ2n) is 6.09. The third kappa shape index (κ3) is 5.47. The molecule has 0 fully saturated rings. The number of nitrogens with zero attached hydrogens (tertiary/aromatic N) is 3. The predicted octanol–water partition coefficient (Wildman–Crippen LogP) is 2.91. The Hall–Kier alpha value is -2.05. The second kappa shape index (κ2) is 8.87. The van der Waals surface area contributed by atoms with Crippen LogP contribution in [0.3, 0.4) is 0 Å². The minimum absolute atomic E-state index is 0.196. The Morgan fingerprint density at radius 2 is 1.92 bits per heavy atom. The van der Waals surface area contributed by atoms with Crippen LogP contribution in [0.25, 0.3) is 0 Å². The molecule has 0 aliphatic carbocycles. The number of guanidine groups is 1. The molecule has 0 aliphatic heterocycles. The van der Waals surface area contributed by atoms with Crippen molar-refractivity contribution in [2.24, 2.45) is 4.99 Å². The number of likely N-dealkylation sites (N-methyl/N-ethyl adjacent to an activating group) is 1. The smallest absolute Gasteiger partial charge is 0.214 e. The lowest BCUT2D eigenvalue weighted by Crippen LogP contribution is -2.41. The number of halogens is 1. The maximum absolute atomic E-state index is 5.99. The van der Waals surface area contributed by atoms with E-state index in [9.17, 15) is 0 Å². The predicted molar refractivity (Wildman–Crippen MR) is 102 cm³/mol. The van der Waals surface area contributed by atoms with Crippen molar-refractivity contribution >= 4 is 17.6 Å². The number of hydrogen-bond acceptors (Lipinski definition) is 4. The van der Waals surface area contributed by atoms with Crippen LogP contribution in [0.5, 0.6) is 0 Å². The standard InChI is InChI=1S/C18H26ClN5O/c1-12-13(2)25-17(23-12)11-22-18(20-3)21-10-16(24(4)5)14-6-8-15(19)9-7-14/h6-9,16H,10-11H2,1-5H3,(H2,20,21,22). The van der Waals surface area contributed by atoms with Crippen molar-refractivity contribution in [3.8, 4) is 0 Å². The minimum atomic E-state index is 0.196. The maximum atomic E-state index is 5.99. The van der Waals surface area contributed by atoms with Crippen molar-refractivity contribution < 1.29 is 4.42 Å². The number of oxazole rings is 1. The highest BCUT2D eigenvalue weighted by Gasteiger charge is 2.15. The molecule has 0 amide bonds. The Labute approximate surface area is 154 Å². The molecule has 2 aromatic rings. The summed E-state index contributed by atoms with van der Waals surface area (Å²) >= 11 is 5.99. The molecule has 1 aromatic carbocycles. The van der Waals surface area contributed by atoms with E-state index < -0.39 is 0 Å². The third-order valence-electron chi connectivity index (χ3n) is 4.04. The van der Waals surface area contributed by atoms with Crippen LogP contribution in [0.2, 0.25) is 5.02 Å². The summed E-state index contributed by atoms with van der Waals surface area (Å²) in [6.07, 6.45) is 0. The first-order chi connectivity index (χ1) is 11.9. The Morgan fingerprint density at radius 3 is 2.44 bits per heavy atom. The summed E-state index contributed by atoms with van der Waals surface area (Å²) in [5.41, 5.74) is 2.10. The summed E-state index contributed by atoms with van der Waals surface area (Å²) in [6, 6.07) is 8.11. The van der Waals surface area contributed by atoms with Crippen molar-refractivity contribution in [3.05, 3.63) is 52.2 Å². The fourth-order valence-corrected chi connectivity index (χ4v) is 2.60. The average molecular weight is 364 g/mol. The lowest BCUT2D eigenvalue weighted by Gasteiger charge is -2.26. The molecule has 2 rings (SSSR count). The van der Waals surface area contributed by atoms with Gasteiger partial charge < -0.3 is 20.0 Å². The highest BCUT2D eigenvalue weighted by molar-refractivity contribution is 6.30. The zero-order valence-electron chi connectivity index (χ0n) is 15.4. The largest absolute Gasteiger partial charge is 0.444 e. The molecule has 0 aliphatic rings. The summed E-state index contributed by atoms with van der Waals surface area (Å²) in [5.74, 6) is 2.20. The molecular formula is C18H26ClN5O. The first-order valence-corrected chi connectivity index (χ1v) is 8.57. The SMILES string of the molecule is CN=C(NCc1nc(C)c(C)o1)NCC(c1ccc(Cl)cc1)N(C)C. The molecule has 0 saturated carbocycles. The number of nitrogens with one attached hydrogen (secondary N) is 2. The fraction of sp³-hybridized carbons (Fsp3) is 0.444. The summed E-state index contributed by atoms with van der Waals surface area (Å²) in [7, 11) is 5.85. The van der Waals surface area contributed by atoms with Gasteiger partial charge in [-0.2, -0.15) is 0 Å². The molecule has 0 radical (unpaired) electrons. The van der Waals surface area contributed by atoms with Crippen molar-refractivity contribution in [3.63, 3.8) is 0 Å². The van der Waals surface area contributed by atoms with Gasteiger partial charge in [0.05, 0.1) is 18.3 Å². The van der Waals surface area contributed by atoms with E-state index in [0.29, 0.717) is 24.9 Å². The molecule has 1 unspecified atom stereocenters. The van der Waals surface area contributed by atoms with Crippen molar-refractivity contribution in [2.75, 3.05) is 27.7 Å². The summed E-state index contributed by atoms with van der Waals surface area (Å²) in [6.45, 7) is 5.04. The van der Waals surface area contributed by atoms with Gasteiger partial charge in [-0.15, -0.1) is 0 Å². The van der Waals surface area contributed by atoms with Crippen molar-refractivity contribution in [1.82, 2.24) is 20.5 Å². The number of rotatable bonds is 6. The van der Waals surface area contributed by atoms with Gasteiger partial charge in [0.2, 0.25) is 5.89 Å². The highest BCUT2D eigenvalue weighted by atomic mass is 35.5. The molecule has 25 heavy (non-hydrogen) atoms. The molecule has 0 saturated heterocycles. The number of aryl methyl sites for hydroxylation is 2. The lowest BCUT2D eigenvalue weighted by molar-refractivity contribution is 0.298. The number of aliphatic imine (C=N–C) groups is 1. The van der Waals surface area contributed by atoms with Crippen LogP contribution in [-0.4, -0.2) is 43.5 Å². The van der Waals surface area contributed by atoms with E-state index in [1.165, 1.54) is 5.56 Å². The summed E-state index contributed by atoms with van der Waals surface area (Å²) in [4.78, 5) is 10.8. The van der Waals surface area contributed by atoms with Crippen molar-refractivity contribution in [1.29, 1.82) is 0 Å². The summed E-state index contributed by atoms with van der Waals surface area (Å²) < 4.78 is 5.58. The van der Waals surface area contributed by atoms with Crippen LogP contribution in [0.4, 0.5) is 0 Å². The van der Waals surface area contributed by atoms with Crippen LogP contribution < -0.4 is 10.6 Å². The number of benzene rings is 1. The van der Waals surface area contributed by atoms with Gasteiger partial charge >= 0.3 is 0 Å². The fourth-order valence-electron chi connectivity index (χ4n) is 2.47. The van der Waals surface area contributed by atoms with Gasteiger partial charge in [0.1, 0.15) is 5.76 Å². The zero-order valence-corrected chi connectivity index (χ0v) is 16.2. The van der Waals surface area contributed by atoms with Crippen LogP contribution in [-0.2, 0) is 6.54 Å². The molecule has 6 nitrogen and oxygen atoms in total. The van der Waals surface area contributed by atoms with Crippen LogP contribution >= 0.6 is 11.6 Å².